The van der Waals surface area contributed by atoms with Gasteiger partial charge in [-0.05, 0) is 57.3 Å². The highest BCUT2D eigenvalue weighted by Gasteiger charge is 2.47. The first-order valence-corrected chi connectivity index (χ1v) is 12.8. The van der Waals surface area contributed by atoms with E-state index in [0.29, 0.717) is 38.0 Å². The van der Waals surface area contributed by atoms with Crippen molar-refractivity contribution in [2.75, 3.05) is 19.6 Å². The lowest BCUT2D eigenvalue weighted by Crippen LogP contribution is -2.53. The second kappa shape index (κ2) is 9.16. The molecular formula is C24H38F2N4O2. The summed E-state index contributed by atoms with van der Waals surface area (Å²) in [6.07, 6.45) is 4.37. The molecular weight excluding hydrogens is 414 g/mol. The number of nitrogens with zero attached hydrogens (tertiary/aromatic N) is 2. The van der Waals surface area contributed by atoms with Crippen molar-refractivity contribution in [3.8, 4) is 0 Å². The van der Waals surface area contributed by atoms with E-state index < -0.39 is 12.3 Å². The number of hydrogen-bond donors (Lipinski definition) is 2. The van der Waals surface area contributed by atoms with Crippen LogP contribution in [0.15, 0.2) is 0 Å². The van der Waals surface area contributed by atoms with Crippen LogP contribution in [0.4, 0.5) is 8.78 Å². The highest BCUT2D eigenvalue weighted by atomic mass is 19.1. The number of halogens is 2. The van der Waals surface area contributed by atoms with Crippen molar-refractivity contribution in [3.05, 3.63) is 0 Å². The molecule has 2 saturated carbocycles. The van der Waals surface area contributed by atoms with Gasteiger partial charge in [0.2, 0.25) is 11.8 Å². The van der Waals surface area contributed by atoms with Gasteiger partial charge in [0.1, 0.15) is 12.3 Å². The van der Waals surface area contributed by atoms with Crippen molar-refractivity contribution in [2.24, 2.45) is 11.8 Å². The van der Waals surface area contributed by atoms with Crippen LogP contribution in [0.1, 0.15) is 64.7 Å². The van der Waals surface area contributed by atoms with E-state index in [1.165, 1.54) is 0 Å². The summed E-state index contributed by atoms with van der Waals surface area (Å²) in [7, 11) is 0. The van der Waals surface area contributed by atoms with Gasteiger partial charge in [0.05, 0.1) is 6.04 Å². The Morgan fingerprint density at radius 1 is 1.06 bits per heavy atom. The zero-order valence-corrected chi connectivity index (χ0v) is 19.1. The molecule has 8 heteroatoms. The Hall–Kier alpha value is -1.28. The monoisotopic (exact) mass is 452 g/mol. The third kappa shape index (κ3) is 4.41. The standard InChI is InChI=1S/C24H38F2N4O2/c1-14-4-5-20(26)19-12-21(28-23(14)19)24(32)27-16-9-15(25)10-18(11-16)29-8-6-17(13-29)30-7-2-3-22(30)31/h14-21,23,28H,2-13H2,1H3,(H,27,32)/t14?,15?,16?,17-,18?,19?,20?,21?,23?/m1/s1. The van der Waals surface area contributed by atoms with Crippen molar-refractivity contribution >= 4 is 11.8 Å². The largest absolute Gasteiger partial charge is 0.352 e. The van der Waals surface area contributed by atoms with E-state index >= 15 is 0 Å². The second-order valence-electron chi connectivity index (χ2n) is 11.0. The minimum Gasteiger partial charge on any atom is -0.352 e. The minimum atomic E-state index is -0.930. The van der Waals surface area contributed by atoms with Crippen LogP contribution < -0.4 is 10.6 Å². The maximum Gasteiger partial charge on any atom is 0.237 e. The van der Waals surface area contributed by atoms with Crippen LogP contribution >= 0.6 is 0 Å². The van der Waals surface area contributed by atoms with E-state index in [1.54, 1.807) is 0 Å². The molecule has 180 valence electrons. The predicted molar refractivity (Wildman–Crippen MR) is 118 cm³/mol. The van der Waals surface area contributed by atoms with Crippen molar-refractivity contribution in [3.63, 3.8) is 0 Å². The minimum absolute atomic E-state index is 0.0670. The topological polar surface area (TPSA) is 64.7 Å². The van der Waals surface area contributed by atoms with Crippen molar-refractivity contribution in [2.45, 2.75) is 107 Å². The molecule has 0 aromatic heterocycles. The molecule has 3 aliphatic heterocycles. The SMILES string of the molecule is CC1CCC(F)C2CC(C(=O)NC3CC(F)CC(N4CC[C@@H](N5CCCC5=O)C4)C3)NC12. The molecule has 0 aromatic carbocycles. The predicted octanol–water partition coefficient (Wildman–Crippen LogP) is 2.17. The fourth-order valence-electron chi connectivity index (χ4n) is 7.15. The Balaban J connectivity index is 1.16. The number of amides is 2. The van der Waals surface area contributed by atoms with Crippen molar-refractivity contribution < 1.29 is 18.4 Å². The fourth-order valence-corrected chi connectivity index (χ4v) is 7.15. The van der Waals surface area contributed by atoms with E-state index in [0.717, 1.165) is 45.3 Å². The van der Waals surface area contributed by atoms with E-state index in [1.807, 2.05) is 4.90 Å². The number of alkyl halides is 2. The van der Waals surface area contributed by atoms with Crippen LogP contribution in [-0.4, -0.2) is 83.8 Å². The van der Waals surface area contributed by atoms with Gasteiger partial charge in [-0.3, -0.25) is 14.5 Å². The lowest BCUT2D eigenvalue weighted by Gasteiger charge is -2.38. The normalized spacial score (nSPS) is 45.3. The van der Waals surface area contributed by atoms with Gasteiger partial charge in [-0.1, -0.05) is 6.92 Å². The van der Waals surface area contributed by atoms with Gasteiger partial charge in [0, 0.05) is 56.1 Å². The lowest BCUT2D eigenvalue weighted by molar-refractivity contribution is -0.129. The van der Waals surface area contributed by atoms with Crippen LogP contribution in [0.3, 0.4) is 0 Å². The van der Waals surface area contributed by atoms with Crippen molar-refractivity contribution in [1.29, 1.82) is 0 Å². The summed E-state index contributed by atoms with van der Waals surface area (Å²) in [4.78, 5) is 29.4. The van der Waals surface area contributed by atoms with Gasteiger partial charge in [-0.25, -0.2) is 8.78 Å². The highest BCUT2D eigenvalue weighted by molar-refractivity contribution is 5.82. The van der Waals surface area contributed by atoms with Crippen LogP contribution in [0, 0.1) is 11.8 Å². The number of carbonyl (C=O) groups excluding carboxylic acids is 2. The Bertz CT molecular complexity index is 706. The van der Waals surface area contributed by atoms with Gasteiger partial charge in [0.25, 0.3) is 0 Å². The van der Waals surface area contributed by atoms with E-state index in [9.17, 15) is 18.4 Å². The maximum atomic E-state index is 14.7. The molecule has 32 heavy (non-hydrogen) atoms. The molecule has 0 spiro atoms. The molecule has 3 heterocycles. The molecule has 5 fully saturated rings. The van der Waals surface area contributed by atoms with E-state index in [2.05, 4.69) is 22.5 Å². The summed E-state index contributed by atoms with van der Waals surface area (Å²) in [5.74, 6) is 0.448. The summed E-state index contributed by atoms with van der Waals surface area (Å²) in [5, 5.41) is 6.49. The van der Waals surface area contributed by atoms with Gasteiger partial charge in [-0.2, -0.15) is 0 Å². The summed E-state index contributed by atoms with van der Waals surface area (Å²) in [5.41, 5.74) is 0. The van der Waals surface area contributed by atoms with Gasteiger partial charge >= 0.3 is 0 Å². The summed E-state index contributed by atoms with van der Waals surface area (Å²) in [6, 6.07) is -0.149. The lowest BCUT2D eigenvalue weighted by atomic mass is 9.77. The molecule has 8 unspecified atom stereocenters. The van der Waals surface area contributed by atoms with Gasteiger partial charge < -0.3 is 15.5 Å². The number of rotatable bonds is 4. The number of likely N-dealkylation sites (tertiary alicyclic amines) is 2. The number of hydrogen-bond acceptors (Lipinski definition) is 4. The molecule has 2 amide bonds. The molecule has 5 aliphatic rings. The van der Waals surface area contributed by atoms with Gasteiger partial charge in [-0.15, -0.1) is 0 Å². The third-order valence-electron chi connectivity index (χ3n) is 8.89. The molecule has 0 bridgehead atoms. The first-order valence-electron chi connectivity index (χ1n) is 12.8. The van der Waals surface area contributed by atoms with Crippen LogP contribution in [0.2, 0.25) is 0 Å². The smallest absolute Gasteiger partial charge is 0.237 e. The number of carbonyl (C=O) groups is 2. The van der Waals surface area contributed by atoms with Gasteiger partial charge in [0.15, 0.2) is 0 Å². The molecule has 3 saturated heterocycles. The molecule has 9 atom stereocenters. The van der Waals surface area contributed by atoms with Crippen LogP contribution in [0.5, 0.6) is 0 Å². The molecule has 0 radical (unpaired) electrons. The maximum absolute atomic E-state index is 14.7. The molecule has 2 N–H and O–H groups in total. The second-order valence-corrected chi connectivity index (χ2v) is 11.0. The van der Waals surface area contributed by atoms with Crippen molar-refractivity contribution in [1.82, 2.24) is 20.4 Å². The van der Waals surface area contributed by atoms with Crippen LogP contribution in [-0.2, 0) is 9.59 Å². The molecule has 2 aliphatic carbocycles. The quantitative estimate of drug-likeness (QED) is 0.686. The first-order chi connectivity index (χ1) is 15.4. The van der Waals surface area contributed by atoms with E-state index in [4.69, 9.17) is 0 Å². The summed E-state index contributed by atoms with van der Waals surface area (Å²) in [6.45, 7) is 4.68. The number of fused-ring (bicyclic) bond motifs is 1. The molecule has 5 rings (SSSR count). The van der Waals surface area contributed by atoms with E-state index in [-0.39, 0.29) is 47.9 Å². The Morgan fingerprint density at radius 2 is 1.91 bits per heavy atom. The molecule has 0 aromatic rings. The number of nitrogens with one attached hydrogen (secondary N) is 2. The zero-order chi connectivity index (χ0) is 22.4. The third-order valence-corrected chi connectivity index (χ3v) is 8.89. The fraction of sp³-hybridized carbons (Fsp3) is 0.917. The van der Waals surface area contributed by atoms with Crippen LogP contribution in [0.25, 0.3) is 0 Å². The average molecular weight is 453 g/mol. The first kappa shape index (κ1) is 22.5. The zero-order valence-electron chi connectivity index (χ0n) is 19.1. The Morgan fingerprint density at radius 3 is 2.66 bits per heavy atom. The summed E-state index contributed by atoms with van der Waals surface area (Å²) >= 11 is 0. The highest BCUT2D eigenvalue weighted by Crippen LogP contribution is 2.39. The molecule has 6 nitrogen and oxygen atoms in total. The Labute approximate surface area is 189 Å². The average Bonchev–Trinajstić information content (AvgIpc) is 3.49. The summed E-state index contributed by atoms with van der Waals surface area (Å²) < 4.78 is 29.1. The Kier molecular flexibility index (Phi) is 6.45.